The monoisotopic (exact) mass is 396 g/mol. The summed E-state index contributed by atoms with van der Waals surface area (Å²) in [5, 5.41) is 0.774. The second-order valence-electron chi connectivity index (χ2n) is 7.42. The molecule has 0 radical (unpaired) electrons. The van der Waals surface area contributed by atoms with Gasteiger partial charge in [-0.3, -0.25) is 4.98 Å². The van der Waals surface area contributed by atoms with E-state index in [1.807, 2.05) is 19.2 Å². The predicted octanol–water partition coefficient (Wildman–Crippen LogP) is 5.20. The summed E-state index contributed by atoms with van der Waals surface area (Å²) in [5.41, 5.74) is 8.83. The third-order valence-corrected chi connectivity index (χ3v) is 5.99. The van der Waals surface area contributed by atoms with Gasteiger partial charge in [-0.1, -0.05) is 23.2 Å². The van der Waals surface area contributed by atoms with Gasteiger partial charge in [0.1, 0.15) is 0 Å². The zero-order valence-corrected chi connectivity index (χ0v) is 17.2. The van der Waals surface area contributed by atoms with Crippen molar-refractivity contribution in [3.8, 4) is 0 Å². The van der Waals surface area contributed by atoms with Gasteiger partial charge < -0.3 is 9.64 Å². The van der Waals surface area contributed by atoms with Crippen LogP contribution >= 0.6 is 11.6 Å². The maximum Gasteiger partial charge on any atom is 0.409 e. The molecular weight excluding hydrogens is 372 g/mol. The second kappa shape index (κ2) is 7.96. The topological polar surface area (TPSA) is 42.4 Å². The maximum atomic E-state index is 12.1. The molecule has 28 heavy (non-hydrogen) atoms. The number of fused-ring (bicyclic) bond motifs is 2. The first-order valence-electron chi connectivity index (χ1n) is 9.96. The van der Waals surface area contributed by atoms with Crippen LogP contribution in [-0.4, -0.2) is 35.7 Å². The summed E-state index contributed by atoms with van der Waals surface area (Å²) in [6, 6.07) is 8.28. The highest BCUT2D eigenvalue weighted by Gasteiger charge is 2.27. The summed E-state index contributed by atoms with van der Waals surface area (Å²) in [6.45, 7) is 5.78. The van der Waals surface area contributed by atoms with Gasteiger partial charge in [0.2, 0.25) is 0 Å². The molecule has 1 amide bonds. The molecule has 0 atom stereocenters. The standard InChI is InChI=1S/C23H25ClN2O2/c1-3-28-23(27)26-12-9-16(10-13-26)21-20-7-5-18(24)14-17(20)4-6-19-15(2)8-11-25-22(19)21/h5,7-8,11,14H,3-4,6,9-10,12-13H2,1-2H3. The Morgan fingerprint density at radius 3 is 2.71 bits per heavy atom. The molecular formula is C23H25ClN2O2. The number of ether oxygens (including phenoxy) is 1. The number of aromatic nitrogens is 1. The number of carbonyl (C=O) groups is 1. The number of likely N-dealkylation sites (tertiary alicyclic amines) is 1. The molecule has 0 saturated carbocycles. The normalized spacial score (nSPS) is 16.3. The van der Waals surface area contributed by atoms with Crippen molar-refractivity contribution in [1.29, 1.82) is 0 Å². The van der Waals surface area contributed by atoms with Gasteiger partial charge in [-0.2, -0.15) is 0 Å². The number of pyridine rings is 1. The van der Waals surface area contributed by atoms with E-state index < -0.39 is 0 Å². The average Bonchev–Trinajstić information content (AvgIpc) is 2.85. The lowest BCUT2D eigenvalue weighted by molar-refractivity contribution is 0.104. The molecule has 146 valence electrons. The van der Waals surface area contributed by atoms with Gasteiger partial charge in [0.15, 0.2) is 0 Å². The number of halogens is 1. The number of rotatable bonds is 1. The Balaban J connectivity index is 1.79. The van der Waals surface area contributed by atoms with Gasteiger partial charge in [-0.05, 0) is 80.0 Å². The van der Waals surface area contributed by atoms with Gasteiger partial charge >= 0.3 is 6.09 Å². The van der Waals surface area contributed by atoms with Crippen LogP contribution in [0.15, 0.2) is 36.0 Å². The van der Waals surface area contributed by atoms with Crippen molar-refractivity contribution in [2.75, 3.05) is 19.7 Å². The Bertz CT molecular complexity index is 942. The van der Waals surface area contributed by atoms with E-state index in [1.54, 1.807) is 4.90 Å². The van der Waals surface area contributed by atoms with Crippen LogP contribution in [0, 0.1) is 6.92 Å². The molecule has 1 aromatic carbocycles. The third kappa shape index (κ3) is 3.53. The molecule has 0 unspecified atom stereocenters. The maximum absolute atomic E-state index is 12.1. The molecule has 1 aliphatic carbocycles. The number of hydrogen-bond acceptors (Lipinski definition) is 3. The molecule has 2 heterocycles. The Morgan fingerprint density at radius 2 is 1.96 bits per heavy atom. The van der Waals surface area contributed by atoms with Crippen molar-refractivity contribution in [3.05, 3.63) is 69.0 Å². The molecule has 4 nitrogen and oxygen atoms in total. The number of amides is 1. The van der Waals surface area contributed by atoms with Gasteiger partial charge in [-0.15, -0.1) is 0 Å². The number of aryl methyl sites for hydroxylation is 2. The highest BCUT2D eigenvalue weighted by Crippen LogP contribution is 2.39. The average molecular weight is 397 g/mol. The van der Waals surface area contributed by atoms with E-state index >= 15 is 0 Å². The molecule has 5 heteroatoms. The van der Waals surface area contributed by atoms with Crippen molar-refractivity contribution < 1.29 is 9.53 Å². The van der Waals surface area contributed by atoms with E-state index in [1.165, 1.54) is 33.4 Å². The largest absolute Gasteiger partial charge is 0.450 e. The van der Waals surface area contributed by atoms with Crippen LogP contribution < -0.4 is 0 Å². The summed E-state index contributed by atoms with van der Waals surface area (Å²) in [4.78, 5) is 18.7. The Labute approximate surface area is 171 Å². The fourth-order valence-corrected chi connectivity index (χ4v) is 4.50. The first-order chi connectivity index (χ1) is 13.6. The Kier molecular flexibility index (Phi) is 5.40. The van der Waals surface area contributed by atoms with Gasteiger partial charge in [-0.25, -0.2) is 4.79 Å². The highest BCUT2D eigenvalue weighted by molar-refractivity contribution is 6.30. The summed E-state index contributed by atoms with van der Waals surface area (Å²) < 4.78 is 5.17. The Hall–Kier alpha value is -2.33. The zero-order chi connectivity index (χ0) is 19.7. The SMILES string of the molecule is CCOC(=O)N1CCC(=C2c3ccc(Cl)cc3CCc3c(C)ccnc32)CC1. The molecule has 2 aromatic rings. The summed E-state index contributed by atoms with van der Waals surface area (Å²) in [7, 11) is 0. The van der Waals surface area contributed by atoms with Crippen LogP contribution in [0.4, 0.5) is 4.79 Å². The molecule has 0 bridgehead atoms. The minimum Gasteiger partial charge on any atom is -0.450 e. The number of benzene rings is 1. The number of hydrogen-bond donors (Lipinski definition) is 0. The minimum atomic E-state index is -0.214. The number of nitrogens with zero attached hydrogens (tertiary/aromatic N) is 2. The number of carbonyl (C=O) groups excluding carboxylic acids is 1. The lowest BCUT2D eigenvalue weighted by Gasteiger charge is -2.29. The molecule has 1 aliphatic heterocycles. The first-order valence-corrected chi connectivity index (χ1v) is 10.3. The van der Waals surface area contributed by atoms with E-state index in [2.05, 4.69) is 25.1 Å². The lowest BCUT2D eigenvalue weighted by Crippen LogP contribution is -2.37. The van der Waals surface area contributed by atoms with Crippen LogP contribution in [0.5, 0.6) is 0 Å². The summed E-state index contributed by atoms with van der Waals surface area (Å²) in [5.74, 6) is 0. The van der Waals surface area contributed by atoms with E-state index in [0.29, 0.717) is 19.7 Å². The molecule has 2 aliphatic rings. The van der Waals surface area contributed by atoms with Crippen molar-refractivity contribution in [2.45, 2.75) is 39.5 Å². The van der Waals surface area contributed by atoms with Crippen molar-refractivity contribution >= 4 is 23.3 Å². The molecule has 0 spiro atoms. The zero-order valence-electron chi connectivity index (χ0n) is 16.4. The molecule has 1 fully saturated rings. The summed E-state index contributed by atoms with van der Waals surface area (Å²) in [6.07, 6.45) is 5.30. The quantitative estimate of drug-likeness (QED) is 0.665. The van der Waals surface area contributed by atoms with E-state index in [-0.39, 0.29) is 6.09 Å². The fraction of sp³-hybridized carbons (Fsp3) is 0.391. The highest BCUT2D eigenvalue weighted by atomic mass is 35.5. The lowest BCUT2D eigenvalue weighted by atomic mass is 9.88. The first kappa shape index (κ1) is 19.0. The molecule has 1 aromatic heterocycles. The molecule has 0 N–H and O–H groups in total. The van der Waals surface area contributed by atoms with Crippen molar-refractivity contribution in [2.24, 2.45) is 0 Å². The predicted molar refractivity (Wildman–Crippen MR) is 112 cm³/mol. The molecule has 4 rings (SSSR count). The van der Waals surface area contributed by atoms with Crippen LogP contribution in [0.1, 0.15) is 47.7 Å². The van der Waals surface area contributed by atoms with Crippen molar-refractivity contribution in [3.63, 3.8) is 0 Å². The summed E-state index contributed by atoms with van der Waals surface area (Å²) >= 11 is 6.30. The van der Waals surface area contributed by atoms with Crippen LogP contribution in [0.3, 0.4) is 0 Å². The van der Waals surface area contributed by atoms with Crippen LogP contribution in [0.25, 0.3) is 5.57 Å². The minimum absolute atomic E-state index is 0.214. The second-order valence-corrected chi connectivity index (χ2v) is 7.86. The van der Waals surface area contributed by atoms with Gasteiger partial charge in [0, 0.05) is 29.9 Å². The van der Waals surface area contributed by atoms with E-state index in [0.717, 1.165) is 36.4 Å². The smallest absolute Gasteiger partial charge is 0.409 e. The van der Waals surface area contributed by atoms with E-state index in [9.17, 15) is 4.79 Å². The van der Waals surface area contributed by atoms with E-state index in [4.69, 9.17) is 21.3 Å². The van der Waals surface area contributed by atoms with Gasteiger partial charge in [0.05, 0.1) is 12.3 Å². The van der Waals surface area contributed by atoms with Gasteiger partial charge in [0.25, 0.3) is 0 Å². The Morgan fingerprint density at radius 1 is 1.18 bits per heavy atom. The third-order valence-electron chi connectivity index (χ3n) is 5.75. The van der Waals surface area contributed by atoms with Crippen LogP contribution in [0.2, 0.25) is 5.02 Å². The van der Waals surface area contributed by atoms with Crippen LogP contribution in [-0.2, 0) is 17.6 Å². The number of piperidine rings is 1. The fourth-order valence-electron chi connectivity index (χ4n) is 4.30. The molecule has 1 saturated heterocycles. The van der Waals surface area contributed by atoms with Crippen molar-refractivity contribution in [1.82, 2.24) is 9.88 Å².